The molecule has 114 valence electrons. The molecule has 0 unspecified atom stereocenters. The van der Waals surface area contributed by atoms with Gasteiger partial charge in [0.1, 0.15) is 0 Å². The molecule has 4 heteroatoms. The topological polar surface area (TPSA) is 35.5 Å². The highest BCUT2D eigenvalue weighted by Crippen LogP contribution is 2.02. The minimum Gasteiger partial charge on any atom is -0.264 e. The smallest absolute Gasteiger partial charge is 0.264 e. The zero-order chi connectivity index (χ0) is 15.5. The predicted octanol–water partition coefficient (Wildman–Crippen LogP) is 4.03. The van der Waals surface area contributed by atoms with E-state index in [9.17, 15) is 4.21 Å². The minimum absolute atomic E-state index is 0.240. The van der Waals surface area contributed by atoms with Crippen molar-refractivity contribution in [2.45, 2.75) is 0 Å². The van der Waals surface area contributed by atoms with Crippen LogP contribution in [0.15, 0.2) is 72.8 Å². The van der Waals surface area contributed by atoms with Crippen LogP contribution in [-0.4, -0.2) is 17.4 Å². The van der Waals surface area contributed by atoms with E-state index < -0.39 is 11.4 Å². The van der Waals surface area contributed by atoms with Gasteiger partial charge in [-0.3, -0.25) is 8.37 Å². The summed E-state index contributed by atoms with van der Waals surface area (Å²) in [4.78, 5) is 0. The summed E-state index contributed by atoms with van der Waals surface area (Å²) in [6, 6.07) is 19.7. The molecular formula is C18H18O3S. The van der Waals surface area contributed by atoms with E-state index in [2.05, 4.69) is 0 Å². The first kappa shape index (κ1) is 16.4. The van der Waals surface area contributed by atoms with Crippen molar-refractivity contribution in [2.24, 2.45) is 0 Å². The number of benzene rings is 2. The SMILES string of the molecule is O=S(OCC=Cc1ccccc1)OCC=Cc1ccccc1. The van der Waals surface area contributed by atoms with E-state index in [-0.39, 0.29) is 13.2 Å². The van der Waals surface area contributed by atoms with E-state index in [4.69, 9.17) is 8.37 Å². The predicted molar refractivity (Wildman–Crippen MR) is 91.0 cm³/mol. The average molecular weight is 314 g/mol. The quantitative estimate of drug-likeness (QED) is 0.738. The lowest BCUT2D eigenvalue weighted by Crippen LogP contribution is -2.02. The Morgan fingerprint density at radius 2 is 1.14 bits per heavy atom. The van der Waals surface area contributed by atoms with Gasteiger partial charge in [-0.25, -0.2) is 0 Å². The fourth-order valence-corrected chi connectivity index (χ4v) is 2.17. The Hall–Kier alpha value is -2.01. The first-order valence-electron chi connectivity index (χ1n) is 6.96. The third-order valence-electron chi connectivity index (χ3n) is 2.74. The molecule has 0 aliphatic carbocycles. The van der Waals surface area contributed by atoms with Gasteiger partial charge in [0.05, 0.1) is 13.2 Å². The Morgan fingerprint density at radius 1 is 0.727 bits per heavy atom. The van der Waals surface area contributed by atoms with E-state index in [0.29, 0.717) is 0 Å². The molecule has 0 saturated carbocycles. The number of hydrogen-bond acceptors (Lipinski definition) is 3. The zero-order valence-corrected chi connectivity index (χ0v) is 12.9. The molecule has 0 saturated heterocycles. The molecule has 0 heterocycles. The van der Waals surface area contributed by atoms with Crippen LogP contribution in [0.25, 0.3) is 12.2 Å². The van der Waals surface area contributed by atoms with Crippen LogP contribution in [0.1, 0.15) is 11.1 Å². The lowest BCUT2D eigenvalue weighted by Gasteiger charge is -1.99. The lowest BCUT2D eigenvalue weighted by atomic mass is 10.2. The van der Waals surface area contributed by atoms with Crippen molar-refractivity contribution in [1.29, 1.82) is 0 Å². The molecule has 0 spiro atoms. The number of hydrogen-bond donors (Lipinski definition) is 0. The normalized spacial score (nSPS) is 12.9. The maximum Gasteiger partial charge on any atom is 0.305 e. The molecule has 0 radical (unpaired) electrons. The summed E-state index contributed by atoms with van der Waals surface area (Å²) in [6.45, 7) is 0.480. The molecule has 0 aliphatic rings. The summed E-state index contributed by atoms with van der Waals surface area (Å²) in [7, 11) is 0. The summed E-state index contributed by atoms with van der Waals surface area (Å²) in [6.07, 6.45) is 7.42. The van der Waals surface area contributed by atoms with Crippen molar-refractivity contribution in [1.82, 2.24) is 0 Å². The van der Waals surface area contributed by atoms with Crippen molar-refractivity contribution in [3.63, 3.8) is 0 Å². The lowest BCUT2D eigenvalue weighted by molar-refractivity contribution is 0.289. The molecule has 0 bridgehead atoms. The van der Waals surface area contributed by atoms with Crippen molar-refractivity contribution >= 4 is 23.5 Å². The maximum absolute atomic E-state index is 11.5. The second-order valence-electron chi connectivity index (χ2n) is 4.40. The van der Waals surface area contributed by atoms with Gasteiger partial charge >= 0.3 is 11.4 Å². The van der Waals surface area contributed by atoms with Crippen LogP contribution in [0.3, 0.4) is 0 Å². The van der Waals surface area contributed by atoms with Crippen LogP contribution in [0.5, 0.6) is 0 Å². The van der Waals surface area contributed by atoms with Gasteiger partial charge in [-0.1, -0.05) is 85.0 Å². The van der Waals surface area contributed by atoms with E-state index in [1.54, 1.807) is 12.2 Å². The third kappa shape index (κ3) is 6.63. The molecule has 0 atom stereocenters. The Balaban J connectivity index is 1.62. The monoisotopic (exact) mass is 314 g/mol. The van der Waals surface area contributed by atoms with E-state index in [1.165, 1.54) is 0 Å². The summed E-state index contributed by atoms with van der Waals surface area (Å²) in [5.41, 5.74) is 2.15. The van der Waals surface area contributed by atoms with Gasteiger partial charge in [0.25, 0.3) is 0 Å². The third-order valence-corrected chi connectivity index (χ3v) is 3.40. The van der Waals surface area contributed by atoms with Gasteiger partial charge in [-0.2, -0.15) is 4.21 Å². The van der Waals surface area contributed by atoms with Crippen LogP contribution in [0, 0.1) is 0 Å². The largest absolute Gasteiger partial charge is 0.305 e. The molecular weight excluding hydrogens is 296 g/mol. The van der Waals surface area contributed by atoms with Gasteiger partial charge in [-0.05, 0) is 11.1 Å². The van der Waals surface area contributed by atoms with E-state index in [0.717, 1.165) is 11.1 Å². The molecule has 2 aromatic carbocycles. The van der Waals surface area contributed by atoms with Crippen molar-refractivity contribution < 1.29 is 12.6 Å². The van der Waals surface area contributed by atoms with Crippen LogP contribution in [0.2, 0.25) is 0 Å². The molecule has 22 heavy (non-hydrogen) atoms. The highest BCUT2D eigenvalue weighted by molar-refractivity contribution is 7.75. The van der Waals surface area contributed by atoms with E-state index >= 15 is 0 Å². The fourth-order valence-electron chi connectivity index (χ4n) is 1.72. The average Bonchev–Trinajstić information content (AvgIpc) is 2.57. The number of rotatable bonds is 8. The Labute approximate surface area is 133 Å². The molecule has 3 nitrogen and oxygen atoms in total. The van der Waals surface area contributed by atoms with Crippen molar-refractivity contribution in [2.75, 3.05) is 13.2 Å². The summed E-state index contributed by atoms with van der Waals surface area (Å²) >= 11 is -1.74. The molecule has 2 rings (SSSR count). The standard InChI is InChI=1S/C18H18O3S/c19-22(20-15-7-13-17-9-3-1-4-10-17)21-16-8-14-18-11-5-2-6-12-18/h1-14H,15-16H2. The Kier molecular flexibility index (Phi) is 7.32. The second-order valence-corrected chi connectivity index (χ2v) is 5.28. The Bertz CT molecular complexity index is 566. The van der Waals surface area contributed by atoms with Crippen LogP contribution in [0.4, 0.5) is 0 Å². The Morgan fingerprint density at radius 3 is 1.55 bits per heavy atom. The van der Waals surface area contributed by atoms with Crippen LogP contribution < -0.4 is 0 Å². The van der Waals surface area contributed by atoms with Gasteiger partial charge in [0, 0.05) is 0 Å². The van der Waals surface area contributed by atoms with E-state index in [1.807, 2.05) is 72.8 Å². The molecule has 0 amide bonds. The molecule has 0 aliphatic heterocycles. The van der Waals surface area contributed by atoms with Gasteiger partial charge in [-0.15, -0.1) is 0 Å². The molecule has 2 aromatic rings. The highest BCUT2D eigenvalue weighted by atomic mass is 32.2. The fraction of sp³-hybridized carbons (Fsp3) is 0.111. The van der Waals surface area contributed by atoms with Crippen LogP contribution in [-0.2, 0) is 19.7 Å². The van der Waals surface area contributed by atoms with Gasteiger partial charge < -0.3 is 0 Å². The second kappa shape index (κ2) is 9.84. The highest BCUT2D eigenvalue weighted by Gasteiger charge is 1.97. The zero-order valence-electron chi connectivity index (χ0n) is 12.1. The maximum atomic E-state index is 11.5. The first-order chi connectivity index (χ1) is 10.8. The summed E-state index contributed by atoms with van der Waals surface area (Å²) in [5, 5.41) is 0. The van der Waals surface area contributed by atoms with Crippen molar-refractivity contribution in [3.05, 3.63) is 83.9 Å². The molecule has 0 fully saturated rings. The molecule has 0 N–H and O–H groups in total. The minimum atomic E-state index is -1.74. The van der Waals surface area contributed by atoms with Crippen LogP contribution >= 0.6 is 0 Å². The molecule has 0 aromatic heterocycles. The first-order valence-corrected chi connectivity index (χ1v) is 7.96. The van der Waals surface area contributed by atoms with Crippen molar-refractivity contribution in [3.8, 4) is 0 Å². The summed E-state index contributed by atoms with van der Waals surface area (Å²) < 4.78 is 21.6. The summed E-state index contributed by atoms with van der Waals surface area (Å²) in [5.74, 6) is 0. The van der Waals surface area contributed by atoms with Gasteiger partial charge in [0.15, 0.2) is 0 Å². The van der Waals surface area contributed by atoms with Gasteiger partial charge in [0.2, 0.25) is 0 Å².